The minimum Gasteiger partial charge on any atom is -0.480 e. The highest BCUT2D eigenvalue weighted by atomic mass is 16.7. The molecule has 1 amide bonds. The van der Waals surface area contributed by atoms with E-state index in [0.29, 0.717) is 12.1 Å². The molecular weight excluding hydrogens is 408 g/mol. The molecule has 1 aromatic heterocycles. The van der Waals surface area contributed by atoms with Crippen molar-refractivity contribution in [3.63, 3.8) is 0 Å². The number of nitro groups is 1. The predicted molar refractivity (Wildman–Crippen MR) is 111 cm³/mol. The summed E-state index contributed by atoms with van der Waals surface area (Å²) in [6, 6.07) is 11.1. The molecule has 164 valence electrons. The zero-order valence-electron chi connectivity index (χ0n) is 16.4. The number of aliphatic carboxylic acids is 1. The Morgan fingerprint density at radius 3 is 2.55 bits per heavy atom. The first-order valence-corrected chi connectivity index (χ1v) is 9.27. The molecule has 0 saturated carbocycles. The third-order valence-electron chi connectivity index (χ3n) is 4.19. The number of aromatic nitrogens is 1. The number of rotatable bonds is 10. The Kier molecular flexibility index (Phi) is 8.25. The molecule has 2 aromatic rings. The zero-order valence-corrected chi connectivity index (χ0v) is 16.4. The van der Waals surface area contributed by atoms with Crippen LogP contribution in [-0.2, 0) is 11.2 Å². The molecular formula is C19H22N6O6. The van der Waals surface area contributed by atoms with E-state index in [2.05, 4.69) is 15.3 Å². The minimum atomic E-state index is -1.29. The molecule has 0 fully saturated rings. The highest BCUT2D eigenvalue weighted by molar-refractivity contribution is 5.96. The summed E-state index contributed by atoms with van der Waals surface area (Å²) in [5.41, 5.74) is 7.68. The Labute approximate surface area is 176 Å². The van der Waals surface area contributed by atoms with Crippen LogP contribution in [0.5, 0.6) is 0 Å². The number of pyridine rings is 1. The van der Waals surface area contributed by atoms with Crippen molar-refractivity contribution in [3.8, 4) is 0 Å². The second-order valence-electron chi connectivity index (χ2n) is 6.53. The van der Waals surface area contributed by atoms with Crippen LogP contribution in [0.15, 0.2) is 52.3 Å². The first-order valence-electron chi connectivity index (χ1n) is 9.27. The van der Waals surface area contributed by atoms with Crippen molar-refractivity contribution in [3.05, 3.63) is 79.8 Å². The van der Waals surface area contributed by atoms with Gasteiger partial charge in [0.05, 0.1) is 0 Å². The average molecular weight is 430 g/mol. The fourth-order valence-corrected chi connectivity index (χ4v) is 2.73. The lowest BCUT2D eigenvalue weighted by molar-refractivity contribution is -0.525. The molecule has 31 heavy (non-hydrogen) atoms. The molecule has 0 aliphatic rings. The van der Waals surface area contributed by atoms with Crippen molar-refractivity contribution in [1.29, 1.82) is 0 Å². The monoisotopic (exact) mass is 430 g/mol. The molecule has 0 aliphatic heterocycles. The first kappa shape index (κ1) is 23.1. The molecule has 0 radical (unpaired) electrons. The number of carboxylic acid groups (broad SMARTS) is 1. The summed E-state index contributed by atoms with van der Waals surface area (Å²) in [7, 11) is 0. The lowest BCUT2D eigenvalue weighted by Gasteiger charge is -2.14. The van der Waals surface area contributed by atoms with Crippen LogP contribution < -0.4 is 22.0 Å². The van der Waals surface area contributed by atoms with Crippen LogP contribution >= 0.6 is 0 Å². The highest BCUT2D eigenvalue weighted by Gasteiger charge is 2.21. The van der Waals surface area contributed by atoms with Gasteiger partial charge in [-0.05, 0) is 30.5 Å². The van der Waals surface area contributed by atoms with E-state index in [1.165, 1.54) is 6.07 Å². The van der Waals surface area contributed by atoms with Gasteiger partial charge in [-0.25, -0.2) is 19.9 Å². The van der Waals surface area contributed by atoms with Crippen LogP contribution in [0.3, 0.4) is 0 Å². The zero-order chi connectivity index (χ0) is 22.8. The number of nitrogens with zero attached hydrogens (tertiary/aromatic N) is 2. The maximum absolute atomic E-state index is 12.4. The molecule has 1 heterocycles. The molecule has 1 aromatic carbocycles. The molecule has 12 nitrogen and oxygen atoms in total. The second-order valence-corrected chi connectivity index (χ2v) is 6.53. The van der Waals surface area contributed by atoms with Gasteiger partial charge in [-0.1, -0.05) is 35.8 Å². The van der Waals surface area contributed by atoms with Crippen molar-refractivity contribution < 1.29 is 19.7 Å². The number of benzene rings is 1. The summed E-state index contributed by atoms with van der Waals surface area (Å²) in [4.78, 5) is 52.6. The van der Waals surface area contributed by atoms with Gasteiger partial charge in [0.25, 0.3) is 17.4 Å². The molecule has 6 N–H and O–H groups in total. The van der Waals surface area contributed by atoms with E-state index in [4.69, 9.17) is 5.73 Å². The number of carboxylic acids is 1. The quantitative estimate of drug-likeness (QED) is 0.114. The lowest BCUT2D eigenvalue weighted by atomic mass is 10.1. The number of carbonyl (C=O) groups is 2. The van der Waals surface area contributed by atoms with Gasteiger partial charge in [0.1, 0.15) is 11.6 Å². The number of nitrogens with one attached hydrogen (secondary N) is 3. The molecule has 2 rings (SSSR count). The van der Waals surface area contributed by atoms with Gasteiger partial charge in [0.2, 0.25) is 0 Å². The summed E-state index contributed by atoms with van der Waals surface area (Å²) in [6.07, 6.45) is 0.648. The number of aromatic amines is 1. The third kappa shape index (κ3) is 7.61. The van der Waals surface area contributed by atoms with Crippen LogP contribution in [0.2, 0.25) is 0 Å². The van der Waals surface area contributed by atoms with Crippen molar-refractivity contribution in [2.24, 2.45) is 10.7 Å². The smallest absolute Gasteiger partial charge is 0.326 e. The van der Waals surface area contributed by atoms with Gasteiger partial charge < -0.3 is 21.1 Å². The maximum atomic E-state index is 12.4. The fraction of sp³-hybridized carbons (Fsp3) is 0.263. The van der Waals surface area contributed by atoms with Crippen LogP contribution in [0.25, 0.3) is 0 Å². The number of carbonyl (C=O) groups excluding carboxylic acids is 1. The van der Waals surface area contributed by atoms with E-state index in [1.54, 1.807) is 11.5 Å². The molecule has 0 aliphatic carbocycles. The normalized spacial score (nSPS) is 12.1. The van der Waals surface area contributed by atoms with Crippen molar-refractivity contribution in [2.75, 3.05) is 6.54 Å². The summed E-state index contributed by atoms with van der Waals surface area (Å²) in [6.45, 7) is 0.0150. The number of hydrazine groups is 1. The molecule has 12 heteroatoms. The fourth-order valence-electron chi connectivity index (χ4n) is 2.73. The standard InChI is InChI=1S/C19H22N6O6/c20-19(24-25(30)31)21-10-4-7-15(18(28)29)23-17(27)14-9-8-13(22-16(14)26)11-12-5-2-1-3-6-12/h1-3,5-6,8-9,15H,4,7,10-11H2,(H,22,26)(H,23,27)(H,28,29)(H3,20,21,24)/t15-/m0/s1. The van der Waals surface area contributed by atoms with Gasteiger partial charge in [-0.2, -0.15) is 0 Å². The number of hydrogen-bond donors (Lipinski definition) is 5. The molecule has 1 atom stereocenters. The van der Waals surface area contributed by atoms with Crippen LogP contribution in [0.1, 0.15) is 34.5 Å². The topological polar surface area (TPSA) is 193 Å². The maximum Gasteiger partial charge on any atom is 0.326 e. The Morgan fingerprint density at radius 2 is 1.94 bits per heavy atom. The van der Waals surface area contributed by atoms with Crippen molar-refractivity contribution in [2.45, 2.75) is 25.3 Å². The number of nitrogens with two attached hydrogens (primary N) is 1. The van der Waals surface area contributed by atoms with E-state index in [-0.39, 0.29) is 24.9 Å². The first-order chi connectivity index (χ1) is 14.8. The predicted octanol–water partition coefficient (Wildman–Crippen LogP) is 0.0249. The number of hydrogen-bond acceptors (Lipinski definition) is 6. The minimum absolute atomic E-state index is 0.0136. The van der Waals surface area contributed by atoms with Gasteiger partial charge in [-0.3, -0.25) is 9.59 Å². The number of H-pyrrole nitrogens is 1. The summed E-state index contributed by atoms with van der Waals surface area (Å²) in [5.74, 6) is -2.52. The highest BCUT2D eigenvalue weighted by Crippen LogP contribution is 2.07. The SMILES string of the molecule is NC(=NCCC[C@H](NC(=O)c1ccc(Cc2ccccc2)[nH]c1=O)C(=O)O)N[N+](=O)[O-]. The average Bonchev–Trinajstić information content (AvgIpc) is 2.70. The van der Waals surface area contributed by atoms with Crippen molar-refractivity contribution in [1.82, 2.24) is 15.7 Å². The van der Waals surface area contributed by atoms with Crippen molar-refractivity contribution >= 4 is 17.8 Å². The summed E-state index contributed by atoms with van der Waals surface area (Å²) in [5, 5.41) is 21.0. The Morgan fingerprint density at radius 1 is 1.23 bits per heavy atom. The van der Waals surface area contributed by atoms with Crippen LogP contribution in [-0.4, -0.2) is 45.5 Å². The lowest BCUT2D eigenvalue weighted by Crippen LogP contribution is -2.42. The van der Waals surface area contributed by atoms with Gasteiger partial charge >= 0.3 is 5.97 Å². The third-order valence-corrected chi connectivity index (χ3v) is 4.19. The second kappa shape index (κ2) is 11.1. The van der Waals surface area contributed by atoms with Gasteiger partial charge in [-0.15, -0.1) is 0 Å². The number of amides is 1. The number of aliphatic imine (C=N–C) groups is 1. The van der Waals surface area contributed by atoms with Gasteiger partial charge in [0, 0.05) is 18.7 Å². The van der Waals surface area contributed by atoms with Crippen LogP contribution in [0.4, 0.5) is 0 Å². The van der Waals surface area contributed by atoms with E-state index in [9.17, 15) is 29.6 Å². The molecule has 0 saturated heterocycles. The molecule has 0 bridgehead atoms. The van der Waals surface area contributed by atoms with Gasteiger partial charge in [0.15, 0.2) is 5.03 Å². The summed E-state index contributed by atoms with van der Waals surface area (Å²) >= 11 is 0. The van der Waals surface area contributed by atoms with E-state index < -0.39 is 34.5 Å². The van der Waals surface area contributed by atoms with Crippen LogP contribution in [0, 0.1) is 10.1 Å². The molecule has 0 spiro atoms. The Balaban J connectivity index is 1.96. The number of guanidine groups is 1. The Hall–Kier alpha value is -4.22. The Bertz CT molecular complexity index is 1020. The summed E-state index contributed by atoms with van der Waals surface area (Å²) < 4.78 is 0. The largest absolute Gasteiger partial charge is 0.480 e. The van der Waals surface area contributed by atoms with E-state index >= 15 is 0 Å². The van der Waals surface area contributed by atoms with E-state index in [1.807, 2.05) is 30.3 Å². The molecule has 0 unspecified atom stereocenters. The van der Waals surface area contributed by atoms with E-state index in [0.717, 1.165) is 5.56 Å².